The Bertz CT molecular complexity index is 711. The predicted octanol–water partition coefficient (Wildman–Crippen LogP) is 4.67. The molecule has 2 rings (SSSR count). The van der Waals surface area contributed by atoms with Gasteiger partial charge in [0.1, 0.15) is 6.04 Å². The Morgan fingerprint density at radius 1 is 0.870 bits per heavy atom. The number of nitrogens with one attached hydrogen (secondary N) is 2. The van der Waals surface area contributed by atoms with Crippen molar-refractivity contribution in [2.45, 2.75) is 47.6 Å². The number of carbonyl (C=O) groups is 1. The number of amides is 1. The molecule has 3 heteroatoms. The van der Waals surface area contributed by atoms with Gasteiger partial charge in [-0.1, -0.05) is 35.4 Å². The van der Waals surface area contributed by atoms with E-state index in [4.69, 9.17) is 0 Å². The highest BCUT2D eigenvalue weighted by molar-refractivity contribution is 5.97. The summed E-state index contributed by atoms with van der Waals surface area (Å²) in [5, 5.41) is 6.35. The summed E-state index contributed by atoms with van der Waals surface area (Å²) in [7, 11) is 0. The molecule has 0 saturated carbocycles. The molecule has 0 aliphatic rings. The molecule has 2 aromatic carbocycles. The van der Waals surface area contributed by atoms with Gasteiger partial charge in [-0.05, 0) is 64.3 Å². The van der Waals surface area contributed by atoms with Crippen molar-refractivity contribution >= 4 is 17.3 Å². The molecular formula is C20H26N2O. The van der Waals surface area contributed by atoms with Gasteiger partial charge < -0.3 is 10.6 Å². The first-order valence-electron chi connectivity index (χ1n) is 8.00. The third kappa shape index (κ3) is 4.13. The lowest BCUT2D eigenvalue weighted by atomic mass is 10.0. The summed E-state index contributed by atoms with van der Waals surface area (Å²) in [6.45, 7) is 12.1. The molecule has 3 nitrogen and oxygen atoms in total. The van der Waals surface area contributed by atoms with E-state index in [0.29, 0.717) is 0 Å². The van der Waals surface area contributed by atoms with Crippen LogP contribution in [-0.2, 0) is 4.79 Å². The number of aryl methyl sites for hydroxylation is 5. The summed E-state index contributed by atoms with van der Waals surface area (Å²) in [5.41, 5.74) is 7.66. The summed E-state index contributed by atoms with van der Waals surface area (Å²) in [4.78, 5) is 12.5. The minimum atomic E-state index is -0.309. The monoisotopic (exact) mass is 310 g/mol. The maximum Gasteiger partial charge on any atom is 0.246 e. The van der Waals surface area contributed by atoms with Gasteiger partial charge in [0, 0.05) is 11.4 Å². The Morgan fingerprint density at radius 3 is 2.00 bits per heavy atom. The van der Waals surface area contributed by atoms with Gasteiger partial charge in [-0.2, -0.15) is 0 Å². The summed E-state index contributed by atoms with van der Waals surface area (Å²) in [5.74, 6) is -0.0278. The molecule has 23 heavy (non-hydrogen) atoms. The van der Waals surface area contributed by atoms with Gasteiger partial charge in [0.15, 0.2) is 0 Å². The Balaban J connectivity index is 2.11. The van der Waals surface area contributed by atoms with Gasteiger partial charge in [0.05, 0.1) is 0 Å². The van der Waals surface area contributed by atoms with Crippen molar-refractivity contribution < 1.29 is 4.79 Å². The molecule has 0 unspecified atom stereocenters. The van der Waals surface area contributed by atoms with Crippen LogP contribution in [0, 0.1) is 34.6 Å². The topological polar surface area (TPSA) is 41.1 Å². The second kappa shape index (κ2) is 6.86. The van der Waals surface area contributed by atoms with Crippen LogP contribution in [0.2, 0.25) is 0 Å². The van der Waals surface area contributed by atoms with E-state index < -0.39 is 0 Å². The number of carbonyl (C=O) groups excluding carboxylic acids is 1. The lowest BCUT2D eigenvalue weighted by Gasteiger charge is -2.19. The summed E-state index contributed by atoms with van der Waals surface area (Å²) >= 11 is 0. The van der Waals surface area contributed by atoms with E-state index in [0.717, 1.165) is 28.1 Å². The van der Waals surface area contributed by atoms with Gasteiger partial charge >= 0.3 is 0 Å². The summed E-state index contributed by atoms with van der Waals surface area (Å²) < 4.78 is 0. The van der Waals surface area contributed by atoms with Crippen LogP contribution in [0.3, 0.4) is 0 Å². The molecule has 0 heterocycles. The second-order valence-electron chi connectivity index (χ2n) is 6.45. The van der Waals surface area contributed by atoms with Gasteiger partial charge in [0.2, 0.25) is 5.91 Å². The quantitative estimate of drug-likeness (QED) is 0.861. The fourth-order valence-electron chi connectivity index (χ4n) is 2.88. The molecule has 0 aromatic heterocycles. The average molecular weight is 310 g/mol. The van der Waals surface area contributed by atoms with E-state index in [1.807, 2.05) is 39.8 Å². The lowest BCUT2D eigenvalue weighted by Crippen LogP contribution is -2.32. The molecule has 0 bridgehead atoms. The van der Waals surface area contributed by atoms with Crippen molar-refractivity contribution in [3.63, 3.8) is 0 Å². The van der Waals surface area contributed by atoms with Crippen molar-refractivity contribution in [1.29, 1.82) is 0 Å². The average Bonchev–Trinajstić information content (AvgIpc) is 2.45. The van der Waals surface area contributed by atoms with Crippen molar-refractivity contribution in [2.75, 3.05) is 10.6 Å². The minimum Gasteiger partial charge on any atom is -0.374 e. The zero-order valence-electron chi connectivity index (χ0n) is 14.9. The Kier molecular flexibility index (Phi) is 5.09. The Morgan fingerprint density at radius 2 is 1.43 bits per heavy atom. The van der Waals surface area contributed by atoms with Crippen LogP contribution in [0.1, 0.15) is 34.7 Å². The Labute approximate surface area is 139 Å². The highest BCUT2D eigenvalue weighted by Crippen LogP contribution is 2.23. The second-order valence-corrected chi connectivity index (χ2v) is 6.45. The van der Waals surface area contributed by atoms with Gasteiger partial charge in [-0.3, -0.25) is 4.79 Å². The molecule has 0 aliphatic carbocycles. The maximum atomic E-state index is 12.5. The summed E-state index contributed by atoms with van der Waals surface area (Å²) in [6.07, 6.45) is 0. The molecule has 0 saturated heterocycles. The zero-order chi connectivity index (χ0) is 17.1. The van der Waals surface area contributed by atoms with E-state index in [1.54, 1.807) is 0 Å². The molecular weight excluding hydrogens is 284 g/mol. The van der Waals surface area contributed by atoms with Crippen molar-refractivity contribution in [1.82, 2.24) is 0 Å². The van der Waals surface area contributed by atoms with E-state index in [2.05, 4.69) is 42.7 Å². The van der Waals surface area contributed by atoms with Crippen LogP contribution in [0.25, 0.3) is 0 Å². The zero-order valence-corrected chi connectivity index (χ0v) is 14.9. The molecule has 0 fully saturated rings. The largest absolute Gasteiger partial charge is 0.374 e. The van der Waals surface area contributed by atoms with Gasteiger partial charge in [-0.15, -0.1) is 0 Å². The molecule has 0 radical (unpaired) electrons. The number of anilines is 2. The van der Waals surface area contributed by atoms with Crippen molar-refractivity contribution in [3.8, 4) is 0 Å². The SMILES string of the molecule is Cc1ccc(N[C@@H](C)C(=O)Nc2c(C)cc(C)cc2C)c(C)c1. The van der Waals surface area contributed by atoms with Crippen LogP contribution >= 0.6 is 0 Å². The van der Waals surface area contributed by atoms with Crippen molar-refractivity contribution in [2.24, 2.45) is 0 Å². The molecule has 0 spiro atoms. The van der Waals surface area contributed by atoms with Crippen LogP contribution in [0.4, 0.5) is 11.4 Å². The predicted molar refractivity (Wildman–Crippen MR) is 98.3 cm³/mol. The minimum absolute atomic E-state index is 0.0278. The molecule has 2 N–H and O–H groups in total. The van der Waals surface area contributed by atoms with E-state index >= 15 is 0 Å². The third-order valence-corrected chi connectivity index (χ3v) is 4.07. The maximum absolute atomic E-state index is 12.5. The number of rotatable bonds is 4. The first-order valence-corrected chi connectivity index (χ1v) is 8.00. The number of hydrogen-bond acceptors (Lipinski definition) is 2. The van der Waals surface area contributed by atoms with Gasteiger partial charge in [-0.25, -0.2) is 0 Å². The van der Waals surface area contributed by atoms with Crippen LogP contribution < -0.4 is 10.6 Å². The lowest BCUT2D eigenvalue weighted by molar-refractivity contribution is -0.116. The highest BCUT2D eigenvalue weighted by atomic mass is 16.2. The van der Waals surface area contributed by atoms with E-state index in [1.165, 1.54) is 11.1 Å². The van der Waals surface area contributed by atoms with Gasteiger partial charge in [0.25, 0.3) is 0 Å². The normalized spacial score (nSPS) is 11.9. The molecule has 1 amide bonds. The van der Waals surface area contributed by atoms with E-state index in [-0.39, 0.29) is 11.9 Å². The number of hydrogen-bond donors (Lipinski definition) is 2. The Hall–Kier alpha value is -2.29. The standard InChI is InChI=1S/C20H26N2O/c1-12-7-8-18(14(3)9-12)21-17(6)20(23)22-19-15(4)10-13(2)11-16(19)5/h7-11,17,21H,1-6H3,(H,22,23)/t17-/m0/s1. The fourth-order valence-corrected chi connectivity index (χ4v) is 2.88. The highest BCUT2D eigenvalue weighted by Gasteiger charge is 2.16. The molecule has 122 valence electrons. The molecule has 2 aromatic rings. The molecule has 0 aliphatic heterocycles. The first kappa shape index (κ1) is 17.1. The molecule has 1 atom stereocenters. The van der Waals surface area contributed by atoms with Crippen LogP contribution in [-0.4, -0.2) is 11.9 Å². The number of benzene rings is 2. The first-order chi connectivity index (χ1) is 10.8. The third-order valence-electron chi connectivity index (χ3n) is 4.07. The van der Waals surface area contributed by atoms with Crippen LogP contribution in [0.5, 0.6) is 0 Å². The van der Waals surface area contributed by atoms with E-state index in [9.17, 15) is 4.79 Å². The smallest absolute Gasteiger partial charge is 0.246 e. The fraction of sp³-hybridized carbons (Fsp3) is 0.350. The van der Waals surface area contributed by atoms with Crippen molar-refractivity contribution in [3.05, 3.63) is 58.1 Å². The summed E-state index contributed by atoms with van der Waals surface area (Å²) in [6, 6.07) is 10.1. The van der Waals surface area contributed by atoms with Crippen LogP contribution in [0.15, 0.2) is 30.3 Å².